The number of benzene rings is 1. The van der Waals surface area contributed by atoms with E-state index in [1.807, 2.05) is 24.4 Å². The molecule has 0 amide bonds. The lowest BCUT2D eigenvalue weighted by Crippen LogP contribution is -2.31. The number of halogens is 4. The van der Waals surface area contributed by atoms with E-state index >= 15 is 0 Å². The van der Waals surface area contributed by atoms with Gasteiger partial charge in [0, 0.05) is 44.6 Å². The van der Waals surface area contributed by atoms with Gasteiger partial charge in [0.05, 0.1) is 5.52 Å². The molecule has 1 aromatic carbocycles. The molecule has 1 aliphatic heterocycles. The highest BCUT2D eigenvalue weighted by atomic mass is 35.5. The third-order valence-electron chi connectivity index (χ3n) is 5.23. The molecule has 3 aromatic heterocycles. The summed E-state index contributed by atoms with van der Waals surface area (Å²) in [6.07, 6.45) is -1.49. The van der Waals surface area contributed by atoms with Gasteiger partial charge in [-0.1, -0.05) is 24.3 Å². The first-order valence-corrected chi connectivity index (χ1v) is 9.64. The van der Waals surface area contributed by atoms with Gasteiger partial charge in [0.1, 0.15) is 11.3 Å². The average molecular weight is 433 g/mol. The van der Waals surface area contributed by atoms with Gasteiger partial charge in [-0.2, -0.15) is 18.2 Å². The minimum Gasteiger partial charge on any atom is -0.349 e. The summed E-state index contributed by atoms with van der Waals surface area (Å²) < 4.78 is 42.3. The summed E-state index contributed by atoms with van der Waals surface area (Å²) >= 11 is 6.09. The van der Waals surface area contributed by atoms with E-state index in [-0.39, 0.29) is 11.1 Å². The Morgan fingerprint density at radius 2 is 1.80 bits per heavy atom. The number of nitrogens with zero attached hydrogens (tertiary/aromatic N) is 6. The average Bonchev–Trinajstić information content (AvgIpc) is 3.29. The first-order chi connectivity index (χ1) is 14.3. The Morgan fingerprint density at radius 1 is 1.03 bits per heavy atom. The van der Waals surface area contributed by atoms with Gasteiger partial charge in [-0.05, 0) is 23.2 Å². The lowest BCUT2D eigenvalue weighted by molar-refractivity contribution is -0.140. The van der Waals surface area contributed by atoms with E-state index in [4.69, 9.17) is 11.6 Å². The first-order valence-electron chi connectivity index (χ1n) is 9.27. The van der Waals surface area contributed by atoms with Crippen LogP contribution in [0.4, 0.5) is 19.0 Å². The molecular formula is C20H16ClF3N6. The van der Waals surface area contributed by atoms with Gasteiger partial charge < -0.3 is 14.0 Å². The predicted molar refractivity (Wildman–Crippen MR) is 107 cm³/mol. The topological polar surface area (TPSA) is 51.8 Å². The lowest BCUT2D eigenvalue weighted by Gasteiger charge is -2.29. The van der Waals surface area contributed by atoms with Crippen molar-refractivity contribution >= 4 is 28.5 Å². The van der Waals surface area contributed by atoms with Crippen LogP contribution in [-0.2, 0) is 26.3 Å². The van der Waals surface area contributed by atoms with Crippen LogP contribution in [0.5, 0.6) is 0 Å². The van der Waals surface area contributed by atoms with Crippen molar-refractivity contribution in [3.8, 4) is 11.4 Å². The van der Waals surface area contributed by atoms with Gasteiger partial charge >= 0.3 is 6.18 Å². The number of anilines is 1. The van der Waals surface area contributed by atoms with Gasteiger partial charge in [0.15, 0.2) is 11.5 Å². The lowest BCUT2D eigenvalue weighted by atomic mass is 10.1. The molecule has 30 heavy (non-hydrogen) atoms. The molecule has 0 atom stereocenters. The smallest absolute Gasteiger partial charge is 0.349 e. The SMILES string of the molecule is Cn1cc(C(F)(F)F)nc1-c1ccc(CN2CCn3ccc4nc(Cl)nc2c43)cc1. The highest BCUT2D eigenvalue weighted by Crippen LogP contribution is 2.32. The Morgan fingerprint density at radius 3 is 2.50 bits per heavy atom. The van der Waals surface area contributed by atoms with Gasteiger partial charge in [0.25, 0.3) is 0 Å². The highest BCUT2D eigenvalue weighted by molar-refractivity contribution is 6.28. The fourth-order valence-corrected chi connectivity index (χ4v) is 3.98. The minimum atomic E-state index is -4.47. The van der Waals surface area contributed by atoms with Crippen molar-refractivity contribution in [3.05, 3.63) is 59.3 Å². The van der Waals surface area contributed by atoms with E-state index in [0.717, 1.165) is 41.7 Å². The summed E-state index contributed by atoms with van der Waals surface area (Å²) in [4.78, 5) is 14.6. The van der Waals surface area contributed by atoms with Crippen LogP contribution in [0.3, 0.4) is 0 Å². The molecule has 10 heteroatoms. The molecule has 0 aliphatic carbocycles. The van der Waals surface area contributed by atoms with Crippen molar-refractivity contribution in [2.45, 2.75) is 19.3 Å². The number of hydrogen-bond acceptors (Lipinski definition) is 4. The molecule has 1 aliphatic rings. The van der Waals surface area contributed by atoms with Crippen LogP contribution in [0, 0.1) is 0 Å². The quantitative estimate of drug-likeness (QED) is 0.446. The molecule has 154 valence electrons. The molecule has 0 radical (unpaired) electrons. The highest BCUT2D eigenvalue weighted by Gasteiger charge is 2.34. The Labute approximate surface area is 174 Å². The van der Waals surface area contributed by atoms with Gasteiger partial charge in [-0.15, -0.1) is 0 Å². The second-order valence-corrected chi connectivity index (χ2v) is 7.57. The zero-order chi connectivity index (χ0) is 21.0. The number of aryl methyl sites for hydroxylation is 1. The maximum atomic E-state index is 12.9. The maximum Gasteiger partial charge on any atom is 0.434 e. The molecule has 4 aromatic rings. The molecule has 6 nitrogen and oxygen atoms in total. The molecule has 0 saturated heterocycles. The maximum absolute atomic E-state index is 12.9. The molecule has 0 saturated carbocycles. The Hall–Kier alpha value is -3.07. The molecule has 0 spiro atoms. The van der Waals surface area contributed by atoms with Crippen LogP contribution >= 0.6 is 11.6 Å². The van der Waals surface area contributed by atoms with Crippen LogP contribution in [0.25, 0.3) is 22.4 Å². The zero-order valence-electron chi connectivity index (χ0n) is 15.9. The van der Waals surface area contributed by atoms with E-state index in [9.17, 15) is 13.2 Å². The molecule has 0 fully saturated rings. The largest absolute Gasteiger partial charge is 0.434 e. The summed E-state index contributed by atoms with van der Waals surface area (Å²) in [6, 6.07) is 9.28. The van der Waals surface area contributed by atoms with Crippen LogP contribution in [0.15, 0.2) is 42.7 Å². The van der Waals surface area contributed by atoms with E-state index in [2.05, 4.69) is 24.4 Å². The second kappa shape index (κ2) is 6.73. The van der Waals surface area contributed by atoms with Crippen molar-refractivity contribution in [1.82, 2.24) is 24.1 Å². The Kier molecular flexibility index (Phi) is 4.25. The number of hydrogen-bond donors (Lipinski definition) is 0. The van der Waals surface area contributed by atoms with Crippen molar-refractivity contribution in [2.75, 3.05) is 11.4 Å². The fourth-order valence-electron chi connectivity index (χ4n) is 3.81. The number of rotatable bonds is 3. The summed E-state index contributed by atoms with van der Waals surface area (Å²) in [7, 11) is 1.55. The molecule has 0 N–H and O–H groups in total. The monoisotopic (exact) mass is 432 g/mol. The van der Waals surface area contributed by atoms with Crippen molar-refractivity contribution in [3.63, 3.8) is 0 Å². The van der Waals surface area contributed by atoms with Crippen molar-refractivity contribution in [1.29, 1.82) is 0 Å². The number of alkyl halides is 3. The summed E-state index contributed by atoms with van der Waals surface area (Å²) in [5.74, 6) is 1.05. The molecule has 4 heterocycles. The van der Waals surface area contributed by atoms with E-state index in [1.165, 1.54) is 4.57 Å². The van der Waals surface area contributed by atoms with E-state index < -0.39 is 11.9 Å². The van der Waals surface area contributed by atoms with Crippen LogP contribution in [-0.4, -0.2) is 30.6 Å². The Bertz CT molecular complexity index is 1240. The van der Waals surface area contributed by atoms with E-state index in [0.29, 0.717) is 12.1 Å². The standard InChI is InChI=1S/C20H16ClF3N6/c1-28-11-15(20(22,23)24)26-17(28)13-4-2-12(3-5-13)10-30-9-8-29-7-6-14-16(29)18(30)27-19(21)25-14/h2-7,11H,8-10H2,1H3. The molecule has 0 unspecified atom stereocenters. The normalized spacial score (nSPS) is 14.0. The van der Waals surface area contributed by atoms with E-state index in [1.54, 1.807) is 19.2 Å². The third kappa shape index (κ3) is 3.19. The molecule has 5 rings (SSSR count). The second-order valence-electron chi connectivity index (χ2n) is 7.24. The summed E-state index contributed by atoms with van der Waals surface area (Å²) in [5.41, 5.74) is 2.49. The van der Waals surface area contributed by atoms with Gasteiger partial charge in [-0.25, -0.2) is 9.97 Å². The third-order valence-corrected chi connectivity index (χ3v) is 5.40. The summed E-state index contributed by atoms with van der Waals surface area (Å²) in [6.45, 7) is 2.18. The van der Waals surface area contributed by atoms with Gasteiger partial charge in [0.2, 0.25) is 5.28 Å². The number of aromatic nitrogens is 5. The van der Waals surface area contributed by atoms with Gasteiger partial charge in [-0.3, -0.25) is 0 Å². The zero-order valence-corrected chi connectivity index (χ0v) is 16.6. The molecule has 0 bridgehead atoms. The minimum absolute atomic E-state index is 0.202. The van der Waals surface area contributed by atoms with Crippen LogP contribution in [0.1, 0.15) is 11.3 Å². The molecular weight excluding hydrogens is 417 g/mol. The first kappa shape index (κ1) is 18.9. The van der Waals surface area contributed by atoms with Crippen molar-refractivity contribution < 1.29 is 13.2 Å². The Balaban J connectivity index is 1.42. The fraction of sp³-hybridized carbons (Fsp3) is 0.250. The van der Waals surface area contributed by atoms with Crippen molar-refractivity contribution in [2.24, 2.45) is 7.05 Å². The number of imidazole rings is 1. The van der Waals surface area contributed by atoms with Crippen LogP contribution in [0.2, 0.25) is 5.28 Å². The predicted octanol–water partition coefficient (Wildman–Crippen LogP) is 4.52. The summed E-state index contributed by atoms with van der Waals surface area (Å²) in [5, 5.41) is 0.202. The van der Waals surface area contributed by atoms with Crippen LogP contribution < -0.4 is 4.90 Å².